The van der Waals surface area contributed by atoms with Gasteiger partial charge < -0.3 is 0 Å². The van der Waals surface area contributed by atoms with E-state index in [9.17, 15) is 0 Å². The number of methoxy groups -OCH3 is 6. The minimum atomic E-state index is -3.61. The molecular weight excluding hydrogens is 669 g/mol. The fraction of sp³-hybridized carbons (Fsp3) is 0.250. The summed E-state index contributed by atoms with van der Waals surface area (Å²) in [6, 6.07) is 17.3. The van der Waals surface area contributed by atoms with Crippen LogP contribution < -0.4 is 44.3 Å². The van der Waals surface area contributed by atoms with Crippen LogP contribution in [0, 0.1) is 0 Å². The van der Waals surface area contributed by atoms with Gasteiger partial charge in [-0.25, -0.2) is 0 Å². The SMILES string of the molecule is COc1cccc(OC)c1P(I)(I)(c1c(OC)cccc1OC)c1c(OC)cccc1OC. The Labute approximate surface area is 220 Å². The van der Waals surface area contributed by atoms with Gasteiger partial charge in [0.1, 0.15) is 0 Å². The van der Waals surface area contributed by atoms with Crippen LogP contribution >= 0.6 is 46.0 Å². The third-order valence-electron chi connectivity index (χ3n) is 5.38. The van der Waals surface area contributed by atoms with Crippen LogP contribution in [0.15, 0.2) is 54.6 Å². The van der Waals surface area contributed by atoms with E-state index in [2.05, 4.69) is 44.1 Å². The molecule has 0 aliphatic rings. The molecule has 0 bridgehead atoms. The first-order chi connectivity index (χ1) is 15.8. The van der Waals surface area contributed by atoms with Gasteiger partial charge >= 0.3 is 222 Å². The third-order valence-corrected chi connectivity index (χ3v) is 17.7. The van der Waals surface area contributed by atoms with Gasteiger partial charge in [0.2, 0.25) is 0 Å². The normalized spacial score (nSPS) is 12.3. The molecular formula is C24H27I2O6P. The molecule has 0 radical (unpaired) electrons. The molecule has 0 amide bonds. The zero-order valence-electron chi connectivity index (χ0n) is 19.3. The van der Waals surface area contributed by atoms with Crippen LogP contribution in [-0.2, 0) is 0 Å². The molecule has 6 nitrogen and oxygen atoms in total. The van der Waals surface area contributed by atoms with E-state index in [1.807, 2.05) is 54.6 Å². The summed E-state index contributed by atoms with van der Waals surface area (Å²) in [6.07, 6.45) is 0. The number of hydrogen-bond donors (Lipinski definition) is 0. The Morgan fingerprint density at radius 1 is 0.424 bits per heavy atom. The van der Waals surface area contributed by atoms with Crippen molar-refractivity contribution in [3.8, 4) is 34.5 Å². The van der Waals surface area contributed by atoms with Crippen molar-refractivity contribution in [3.05, 3.63) is 54.6 Å². The predicted octanol–water partition coefficient (Wildman–Crippen LogP) is 5.27. The predicted molar refractivity (Wildman–Crippen MR) is 152 cm³/mol. The van der Waals surface area contributed by atoms with E-state index in [0.717, 1.165) is 15.9 Å². The van der Waals surface area contributed by atoms with Gasteiger partial charge in [-0.2, -0.15) is 0 Å². The Bertz CT molecular complexity index is 944. The first kappa shape index (κ1) is 26.0. The molecule has 178 valence electrons. The Hall–Kier alpha value is -1.65. The molecule has 0 aliphatic carbocycles. The second-order valence-electron chi connectivity index (χ2n) is 6.94. The van der Waals surface area contributed by atoms with Gasteiger partial charge in [-0.15, -0.1) is 0 Å². The number of rotatable bonds is 9. The maximum atomic E-state index is 5.92. The molecule has 0 aliphatic heterocycles. The van der Waals surface area contributed by atoms with Crippen molar-refractivity contribution in [2.75, 3.05) is 42.7 Å². The summed E-state index contributed by atoms with van der Waals surface area (Å²) < 4.78 is 31.9. The van der Waals surface area contributed by atoms with Crippen molar-refractivity contribution in [3.63, 3.8) is 0 Å². The molecule has 3 aromatic rings. The van der Waals surface area contributed by atoms with E-state index in [0.29, 0.717) is 34.5 Å². The second kappa shape index (κ2) is 10.3. The van der Waals surface area contributed by atoms with E-state index in [4.69, 9.17) is 28.4 Å². The fourth-order valence-electron chi connectivity index (χ4n) is 3.99. The van der Waals surface area contributed by atoms with E-state index in [1.165, 1.54) is 0 Å². The monoisotopic (exact) mass is 696 g/mol. The Morgan fingerprint density at radius 2 is 0.606 bits per heavy atom. The first-order valence-electron chi connectivity index (χ1n) is 9.92. The van der Waals surface area contributed by atoms with Crippen LogP contribution in [0.2, 0.25) is 0 Å². The van der Waals surface area contributed by atoms with Crippen LogP contribution in [0.25, 0.3) is 0 Å². The van der Waals surface area contributed by atoms with Gasteiger partial charge in [0.25, 0.3) is 0 Å². The summed E-state index contributed by atoms with van der Waals surface area (Å²) >= 11 is 5.08. The van der Waals surface area contributed by atoms with Crippen LogP contribution in [0.5, 0.6) is 34.5 Å². The summed E-state index contributed by atoms with van der Waals surface area (Å²) in [5, 5.41) is 2.63. The van der Waals surface area contributed by atoms with Crippen LogP contribution in [-0.4, -0.2) is 42.7 Å². The van der Waals surface area contributed by atoms with Gasteiger partial charge in [-0.05, 0) is 0 Å². The molecule has 0 fully saturated rings. The summed E-state index contributed by atoms with van der Waals surface area (Å²) in [4.78, 5) is 0. The van der Waals surface area contributed by atoms with Gasteiger partial charge in [-0.3, -0.25) is 0 Å². The van der Waals surface area contributed by atoms with E-state index >= 15 is 0 Å². The topological polar surface area (TPSA) is 55.4 Å². The van der Waals surface area contributed by atoms with E-state index < -0.39 is 1.89 Å². The van der Waals surface area contributed by atoms with Crippen molar-refractivity contribution in [2.24, 2.45) is 0 Å². The quantitative estimate of drug-likeness (QED) is 0.225. The maximum absolute atomic E-state index is 5.92. The summed E-state index contributed by atoms with van der Waals surface area (Å²) in [5.74, 6) is 4.07. The number of halogens is 2. The molecule has 0 unspecified atom stereocenters. The molecule has 33 heavy (non-hydrogen) atoms. The summed E-state index contributed by atoms with van der Waals surface area (Å²) in [7, 11) is 9.92. The molecule has 0 saturated carbocycles. The Kier molecular flexibility index (Phi) is 8.11. The standard InChI is InChI=1S/C24H27I2O6P/c1-27-16-10-7-11-17(28-2)22(16)33(25,26,23-18(29-3)12-8-13-19(23)30-4)24-20(31-5)14-9-15-21(24)32-6/h7-15H,1-6H3. The van der Waals surface area contributed by atoms with Crippen molar-refractivity contribution >= 4 is 61.9 Å². The van der Waals surface area contributed by atoms with E-state index in [1.54, 1.807) is 42.7 Å². The zero-order valence-corrected chi connectivity index (χ0v) is 24.6. The number of benzene rings is 3. The van der Waals surface area contributed by atoms with Crippen LogP contribution in [0.1, 0.15) is 0 Å². The fourth-order valence-corrected chi connectivity index (χ4v) is 16.5. The van der Waals surface area contributed by atoms with Crippen molar-refractivity contribution in [2.45, 2.75) is 0 Å². The van der Waals surface area contributed by atoms with E-state index in [-0.39, 0.29) is 0 Å². The average Bonchev–Trinajstić information content (AvgIpc) is 2.86. The minimum absolute atomic E-state index is 0.678. The Morgan fingerprint density at radius 3 is 0.758 bits per heavy atom. The number of hydrogen-bond acceptors (Lipinski definition) is 6. The Balaban J connectivity index is 2.73. The molecule has 3 rings (SSSR count). The molecule has 3 aromatic carbocycles. The second-order valence-corrected chi connectivity index (χ2v) is 27.2. The molecule has 0 N–H and O–H groups in total. The summed E-state index contributed by atoms with van der Waals surface area (Å²) in [5.41, 5.74) is 0. The van der Waals surface area contributed by atoms with Crippen LogP contribution in [0.3, 0.4) is 0 Å². The number of ether oxygens (including phenoxy) is 6. The average molecular weight is 696 g/mol. The zero-order chi connectivity index (χ0) is 24.2. The van der Waals surface area contributed by atoms with Gasteiger partial charge in [-0.1, -0.05) is 0 Å². The van der Waals surface area contributed by atoms with Gasteiger partial charge in [0, 0.05) is 0 Å². The van der Waals surface area contributed by atoms with Crippen molar-refractivity contribution in [1.82, 2.24) is 0 Å². The molecule has 0 heterocycles. The molecule has 0 atom stereocenters. The van der Waals surface area contributed by atoms with Gasteiger partial charge in [0.15, 0.2) is 0 Å². The third kappa shape index (κ3) is 4.18. The van der Waals surface area contributed by atoms with Gasteiger partial charge in [0.05, 0.1) is 0 Å². The molecule has 0 spiro atoms. The molecule has 9 heteroatoms. The molecule has 0 saturated heterocycles. The first-order valence-corrected chi connectivity index (χ1v) is 17.7. The van der Waals surface area contributed by atoms with Crippen molar-refractivity contribution in [1.29, 1.82) is 0 Å². The van der Waals surface area contributed by atoms with Crippen molar-refractivity contribution < 1.29 is 28.4 Å². The van der Waals surface area contributed by atoms with Crippen LogP contribution in [0.4, 0.5) is 0 Å². The molecule has 0 aromatic heterocycles. The summed E-state index contributed by atoms with van der Waals surface area (Å²) in [6.45, 7) is 0.